The molecular formula is C17H19F2N. The molecular weight excluding hydrogens is 256 g/mol. The van der Waals surface area contributed by atoms with E-state index >= 15 is 0 Å². The number of aryl methyl sites for hydroxylation is 1. The summed E-state index contributed by atoms with van der Waals surface area (Å²) in [4.78, 5) is 0. The fraction of sp³-hybridized carbons (Fsp3) is 0.294. The minimum Gasteiger partial charge on any atom is -0.304 e. The van der Waals surface area contributed by atoms with Crippen molar-refractivity contribution < 1.29 is 8.78 Å². The molecule has 0 bridgehead atoms. The topological polar surface area (TPSA) is 12.0 Å². The first-order valence-corrected chi connectivity index (χ1v) is 6.75. The highest BCUT2D eigenvalue weighted by atomic mass is 19.1. The van der Waals surface area contributed by atoms with Gasteiger partial charge in [-0.3, -0.25) is 0 Å². The summed E-state index contributed by atoms with van der Waals surface area (Å²) in [6, 6.07) is 11.4. The standard InChI is InChI=1S/C17H19F2N/c1-11-6-4-5-7-15(11)12(2)20-13(3)16-10-14(18)8-9-17(16)19/h4-10,12-13,20H,1-3H3/t12-,13?/m0/s1. The van der Waals surface area contributed by atoms with Gasteiger partial charge in [-0.2, -0.15) is 0 Å². The van der Waals surface area contributed by atoms with Gasteiger partial charge in [0.25, 0.3) is 0 Å². The highest BCUT2D eigenvalue weighted by Crippen LogP contribution is 2.23. The maximum atomic E-state index is 13.7. The van der Waals surface area contributed by atoms with Crippen LogP contribution in [0.2, 0.25) is 0 Å². The van der Waals surface area contributed by atoms with Gasteiger partial charge >= 0.3 is 0 Å². The summed E-state index contributed by atoms with van der Waals surface area (Å²) in [6.07, 6.45) is 0. The SMILES string of the molecule is Cc1ccccc1[C@H](C)NC(C)c1cc(F)ccc1F. The molecule has 20 heavy (non-hydrogen) atoms. The summed E-state index contributed by atoms with van der Waals surface area (Å²) in [5.41, 5.74) is 2.70. The van der Waals surface area contributed by atoms with Gasteiger partial charge in [-0.15, -0.1) is 0 Å². The van der Waals surface area contributed by atoms with Crippen LogP contribution in [0.3, 0.4) is 0 Å². The van der Waals surface area contributed by atoms with Gasteiger partial charge in [-0.05, 0) is 50.1 Å². The molecule has 0 aromatic heterocycles. The molecule has 0 radical (unpaired) electrons. The number of rotatable bonds is 4. The van der Waals surface area contributed by atoms with E-state index in [9.17, 15) is 8.78 Å². The zero-order chi connectivity index (χ0) is 14.7. The first-order chi connectivity index (χ1) is 9.49. The van der Waals surface area contributed by atoms with Crippen molar-refractivity contribution >= 4 is 0 Å². The van der Waals surface area contributed by atoms with Gasteiger partial charge in [-0.1, -0.05) is 24.3 Å². The highest BCUT2D eigenvalue weighted by molar-refractivity contribution is 5.29. The van der Waals surface area contributed by atoms with Crippen LogP contribution in [0.4, 0.5) is 8.78 Å². The van der Waals surface area contributed by atoms with Gasteiger partial charge < -0.3 is 5.32 Å². The monoisotopic (exact) mass is 275 g/mol. The molecule has 0 saturated heterocycles. The Bertz CT molecular complexity index is 595. The number of hydrogen-bond acceptors (Lipinski definition) is 1. The Morgan fingerprint density at radius 2 is 1.55 bits per heavy atom. The van der Waals surface area contributed by atoms with Gasteiger partial charge in [-0.25, -0.2) is 8.78 Å². The molecule has 0 spiro atoms. The van der Waals surface area contributed by atoms with Crippen molar-refractivity contribution in [1.29, 1.82) is 0 Å². The Kier molecular flexibility index (Phi) is 4.50. The van der Waals surface area contributed by atoms with Crippen LogP contribution in [0.25, 0.3) is 0 Å². The quantitative estimate of drug-likeness (QED) is 0.854. The molecule has 3 heteroatoms. The molecule has 1 unspecified atom stereocenters. The second-order valence-electron chi connectivity index (χ2n) is 5.13. The molecule has 2 rings (SSSR count). The van der Waals surface area contributed by atoms with Crippen molar-refractivity contribution in [2.24, 2.45) is 0 Å². The molecule has 0 aliphatic carbocycles. The zero-order valence-electron chi connectivity index (χ0n) is 12.0. The molecule has 2 aromatic rings. The maximum absolute atomic E-state index is 13.7. The van der Waals surface area contributed by atoms with Gasteiger partial charge in [0.2, 0.25) is 0 Å². The normalized spacial score (nSPS) is 14.1. The summed E-state index contributed by atoms with van der Waals surface area (Å²) >= 11 is 0. The zero-order valence-corrected chi connectivity index (χ0v) is 12.0. The van der Waals surface area contributed by atoms with Crippen molar-refractivity contribution in [3.63, 3.8) is 0 Å². The van der Waals surface area contributed by atoms with Crippen LogP contribution in [0.15, 0.2) is 42.5 Å². The summed E-state index contributed by atoms with van der Waals surface area (Å²) < 4.78 is 27.0. The second-order valence-corrected chi connectivity index (χ2v) is 5.13. The molecule has 1 N–H and O–H groups in total. The lowest BCUT2D eigenvalue weighted by molar-refractivity contribution is 0.469. The van der Waals surface area contributed by atoms with E-state index in [1.807, 2.05) is 45.0 Å². The lowest BCUT2D eigenvalue weighted by atomic mass is 10.0. The predicted octanol–water partition coefficient (Wildman–Crippen LogP) is 4.69. The average molecular weight is 275 g/mol. The number of nitrogens with one attached hydrogen (secondary N) is 1. The molecule has 0 heterocycles. The minimum absolute atomic E-state index is 0.0638. The van der Waals surface area contributed by atoms with E-state index in [1.54, 1.807) is 0 Å². The van der Waals surface area contributed by atoms with E-state index in [0.29, 0.717) is 5.56 Å². The van der Waals surface area contributed by atoms with E-state index in [0.717, 1.165) is 11.6 Å². The molecule has 1 nitrogen and oxygen atoms in total. The van der Waals surface area contributed by atoms with E-state index in [2.05, 4.69) is 5.32 Å². The van der Waals surface area contributed by atoms with Crippen molar-refractivity contribution in [2.45, 2.75) is 32.9 Å². The van der Waals surface area contributed by atoms with Crippen LogP contribution < -0.4 is 5.32 Å². The Morgan fingerprint density at radius 3 is 2.25 bits per heavy atom. The number of halogens is 2. The predicted molar refractivity (Wildman–Crippen MR) is 77.5 cm³/mol. The summed E-state index contributed by atoms with van der Waals surface area (Å²) in [7, 11) is 0. The smallest absolute Gasteiger partial charge is 0.128 e. The first kappa shape index (κ1) is 14.7. The van der Waals surface area contributed by atoms with Gasteiger partial charge in [0.15, 0.2) is 0 Å². The third-order valence-corrected chi connectivity index (χ3v) is 3.58. The Hall–Kier alpha value is -1.74. The third-order valence-electron chi connectivity index (χ3n) is 3.58. The number of hydrogen-bond donors (Lipinski definition) is 1. The van der Waals surface area contributed by atoms with E-state index in [1.165, 1.54) is 17.7 Å². The summed E-state index contributed by atoms with van der Waals surface area (Å²) in [5, 5.41) is 3.31. The molecule has 0 amide bonds. The molecule has 0 saturated carbocycles. The molecule has 2 aromatic carbocycles. The molecule has 0 aliphatic rings. The largest absolute Gasteiger partial charge is 0.304 e. The van der Waals surface area contributed by atoms with Crippen LogP contribution in [0, 0.1) is 18.6 Å². The third kappa shape index (κ3) is 3.23. The van der Waals surface area contributed by atoms with Crippen molar-refractivity contribution in [3.05, 3.63) is 70.8 Å². The highest BCUT2D eigenvalue weighted by Gasteiger charge is 2.16. The van der Waals surface area contributed by atoms with E-state index in [4.69, 9.17) is 0 Å². The fourth-order valence-corrected chi connectivity index (χ4v) is 2.47. The first-order valence-electron chi connectivity index (χ1n) is 6.75. The van der Waals surface area contributed by atoms with Crippen LogP contribution >= 0.6 is 0 Å². The Labute approximate surface area is 118 Å². The lowest BCUT2D eigenvalue weighted by Crippen LogP contribution is -2.24. The van der Waals surface area contributed by atoms with E-state index < -0.39 is 5.82 Å². The summed E-state index contributed by atoms with van der Waals surface area (Å²) in [5.74, 6) is -0.804. The van der Waals surface area contributed by atoms with Crippen LogP contribution in [0.1, 0.15) is 42.6 Å². The lowest BCUT2D eigenvalue weighted by Gasteiger charge is -2.22. The summed E-state index contributed by atoms with van der Waals surface area (Å²) in [6.45, 7) is 5.91. The van der Waals surface area contributed by atoms with Gasteiger partial charge in [0.05, 0.1) is 0 Å². The van der Waals surface area contributed by atoms with Gasteiger partial charge in [0.1, 0.15) is 11.6 Å². The van der Waals surface area contributed by atoms with E-state index in [-0.39, 0.29) is 17.9 Å². The maximum Gasteiger partial charge on any atom is 0.128 e. The van der Waals surface area contributed by atoms with Crippen LogP contribution in [-0.4, -0.2) is 0 Å². The van der Waals surface area contributed by atoms with Crippen molar-refractivity contribution in [1.82, 2.24) is 5.32 Å². The molecule has 2 atom stereocenters. The second kappa shape index (κ2) is 6.14. The van der Waals surface area contributed by atoms with Gasteiger partial charge in [0, 0.05) is 17.6 Å². The number of benzene rings is 2. The van der Waals surface area contributed by atoms with Crippen LogP contribution in [-0.2, 0) is 0 Å². The molecule has 0 aliphatic heterocycles. The Balaban J connectivity index is 2.17. The van der Waals surface area contributed by atoms with Crippen LogP contribution in [0.5, 0.6) is 0 Å². The van der Waals surface area contributed by atoms with Crippen molar-refractivity contribution in [2.75, 3.05) is 0 Å². The molecule has 106 valence electrons. The fourth-order valence-electron chi connectivity index (χ4n) is 2.47. The van der Waals surface area contributed by atoms with Crippen molar-refractivity contribution in [3.8, 4) is 0 Å². The molecule has 0 fully saturated rings. The average Bonchev–Trinajstić information content (AvgIpc) is 2.41. The minimum atomic E-state index is -0.418. The Morgan fingerprint density at radius 1 is 0.900 bits per heavy atom.